The highest BCUT2D eigenvalue weighted by Gasteiger charge is 2.43. The second-order valence-electron chi connectivity index (χ2n) is 8.99. The van der Waals surface area contributed by atoms with Crippen LogP contribution in [0.25, 0.3) is 0 Å². The third-order valence-corrected chi connectivity index (χ3v) is 6.93. The van der Waals surface area contributed by atoms with Gasteiger partial charge in [0, 0.05) is 25.0 Å². The molecule has 0 N–H and O–H groups in total. The molecule has 1 heterocycles. The first-order valence-corrected chi connectivity index (χ1v) is 11.6. The average molecular weight is 419 g/mol. The molecule has 5 heteroatoms. The first kappa shape index (κ1) is 20.1. The summed E-state index contributed by atoms with van der Waals surface area (Å²) in [5.74, 6) is 1.03. The zero-order valence-electron chi connectivity index (χ0n) is 17.9. The van der Waals surface area contributed by atoms with Crippen molar-refractivity contribution in [3.63, 3.8) is 0 Å². The highest BCUT2D eigenvalue weighted by molar-refractivity contribution is 5.81. The lowest BCUT2D eigenvalue weighted by atomic mass is 9.93. The van der Waals surface area contributed by atoms with Gasteiger partial charge in [0.2, 0.25) is 5.91 Å². The molecule has 0 spiro atoms. The van der Waals surface area contributed by atoms with E-state index in [1.54, 1.807) is 0 Å². The molecule has 31 heavy (non-hydrogen) atoms. The summed E-state index contributed by atoms with van der Waals surface area (Å²) in [5, 5.41) is 0. The van der Waals surface area contributed by atoms with E-state index in [0.717, 1.165) is 38.5 Å². The van der Waals surface area contributed by atoms with E-state index in [-0.39, 0.29) is 24.5 Å². The second-order valence-corrected chi connectivity index (χ2v) is 8.99. The average Bonchev–Trinajstić information content (AvgIpc) is 3.57. The van der Waals surface area contributed by atoms with Gasteiger partial charge in [-0.1, -0.05) is 42.5 Å². The quantitative estimate of drug-likeness (QED) is 0.713. The third kappa shape index (κ3) is 4.32. The molecule has 0 aromatic heterocycles. The smallest absolute Gasteiger partial charge is 0.260 e. The van der Waals surface area contributed by atoms with Gasteiger partial charge in [-0.2, -0.15) is 0 Å². The van der Waals surface area contributed by atoms with Crippen molar-refractivity contribution < 1.29 is 14.3 Å². The Balaban J connectivity index is 1.18. The predicted octanol–water partition coefficient (Wildman–Crippen LogP) is 3.98. The van der Waals surface area contributed by atoms with Crippen LogP contribution in [0.1, 0.15) is 49.3 Å². The summed E-state index contributed by atoms with van der Waals surface area (Å²) in [5.41, 5.74) is 2.73. The van der Waals surface area contributed by atoms with Gasteiger partial charge in [0.1, 0.15) is 5.75 Å². The van der Waals surface area contributed by atoms with Gasteiger partial charge in [0.15, 0.2) is 6.61 Å². The summed E-state index contributed by atoms with van der Waals surface area (Å²) in [6, 6.07) is 18.6. The summed E-state index contributed by atoms with van der Waals surface area (Å²) < 4.78 is 5.61. The van der Waals surface area contributed by atoms with Crippen molar-refractivity contribution >= 4 is 11.8 Å². The highest BCUT2D eigenvalue weighted by Crippen LogP contribution is 2.43. The van der Waals surface area contributed by atoms with Gasteiger partial charge in [-0.3, -0.25) is 9.59 Å². The Hall–Kier alpha value is -2.82. The first-order chi connectivity index (χ1) is 15.2. The van der Waals surface area contributed by atoms with Crippen LogP contribution >= 0.6 is 0 Å². The van der Waals surface area contributed by atoms with Gasteiger partial charge in [0.25, 0.3) is 5.91 Å². The van der Waals surface area contributed by atoms with Crippen molar-refractivity contribution in [2.45, 2.75) is 50.6 Å². The lowest BCUT2D eigenvalue weighted by molar-refractivity contribution is -0.143. The molecule has 0 radical (unpaired) electrons. The Morgan fingerprint density at radius 3 is 2.35 bits per heavy atom. The number of rotatable bonds is 6. The maximum Gasteiger partial charge on any atom is 0.260 e. The monoisotopic (exact) mass is 418 g/mol. The lowest BCUT2D eigenvalue weighted by Gasteiger charge is -2.37. The third-order valence-electron chi connectivity index (χ3n) is 6.93. The molecule has 1 aliphatic heterocycles. The van der Waals surface area contributed by atoms with Crippen molar-refractivity contribution in [2.75, 3.05) is 19.7 Å². The molecule has 162 valence electrons. The number of hydrogen-bond donors (Lipinski definition) is 0. The molecule has 3 aliphatic rings. The van der Waals surface area contributed by atoms with E-state index < -0.39 is 0 Å². The van der Waals surface area contributed by atoms with Gasteiger partial charge >= 0.3 is 0 Å². The Labute approximate surface area is 184 Å². The number of benzene rings is 2. The summed E-state index contributed by atoms with van der Waals surface area (Å²) in [4.78, 5) is 30.2. The Morgan fingerprint density at radius 2 is 1.61 bits per heavy atom. The number of nitrogens with zero attached hydrogens (tertiary/aromatic N) is 2. The fraction of sp³-hybridized carbons (Fsp3) is 0.462. The van der Waals surface area contributed by atoms with E-state index in [4.69, 9.17) is 4.74 Å². The van der Waals surface area contributed by atoms with Gasteiger partial charge in [0.05, 0.1) is 6.04 Å². The number of hydrogen-bond acceptors (Lipinski definition) is 3. The number of aryl methyl sites for hydroxylation is 1. The van der Waals surface area contributed by atoms with Crippen LogP contribution < -0.4 is 4.74 Å². The maximum atomic E-state index is 13.6. The fourth-order valence-corrected chi connectivity index (χ4v) is 5.10. The second kappa shape index (κ2) is 8.74. The number of piperidine rings is 1. The van der Waals surface area contributed by atoms with E-state index in [0.29, 0.717) is 30.8 Å². The SMILES string of the molecule is O=C(COc1ccccc1)N1CCC(C(=O)N(C2CC2)C2CCc3ccccc32)CC1. The standard InChI is InChI=1S/C26H30N2O3/c29-25(18-31-22-7-2-1-3-8-22)27-16-14-20(15-17-27)26(30)28(21-11-12-21)24-13-10-19-6-4-5-9-23(19)24/h1-9,20-21,24H,10-18H2. The van der Waals surface area contributed by atoms with Crippen molar-refractivity contribution in [1.82, 2.24) is 9.80 Å². The van der Waals surface area contributed by atoms with Crippen molar-refractivity contribution in [3.8, 4) is 5.75 Å². The minimum Gasteiger partial charge on any atom is -0.484 e. The lowest BCUT2D eigenvalue weighted by Crippen LogP contribution is -2.46. The highest BCUT2D eigenvalue weighted by atomic mass is 16.5. The van der Waals surface area contributed by atoms with Crippen LogP contribution in [0.4, 0.5) is 0 Å². The van der Waals surface area contributed by atoms with E-state index in [2.05, 4.69) is 29.2 Å². The van der Waals surface area contributed by atoms with E-state index in [1.807, 2.05) is 35.2 Å². The minimum absolute atomic E-state index is 0.00137. The van der Waals surface area contributed by atoms with E-state index in [9.17, 15) is 9.59 Å². The molecule has 0 bridgehead atoms. The van der Waals surface area contributed by atoms with Crippen LogP contribution in [0.15, 0.2) is 54.6 Å². The van der Waals surface area contributed by atoms with Crippen LogP contribution in [0.2, 0.25) is 0 Å². The molecule has 1 saturated carbocycles. The van der Waals surface area contributed by atoms with Crippen molar-refractivity contribution in [2.24, 2.45) is 5.92 Å². The molecule has 2 aliphatic carbocycles. The molecule has 2 fully saturated rings. The minimum atomic E-state index is -0.00137. The summed E-state index contributed by atoms with van der Waals surface area (Å²) in [6.07, 6.45) is 5.83. The number of carbonyl (C=O) groups excluding carboxylic acids is 2. The molecule has 2 aromatic carbocycles. The van der Waals surface area contributed by atoms with Crippen molar-refractivity contribution in [3.05, 3.63) is 65.7 Å². The molecule has 2 amide bonds. The molecule has 5 nitrogen and oxygen atoms in total. The molecule has 5 rings (SSSR count). The number of fused-ring (bicyclic) bond motifs is 1. The van der Waals surface area contributed by atoms with Gasteiger partial charge in [-0.25, -0.2) is 0 Å². The Bertz CT molecular complexity index is 933. The number of ether oxygens (including phenoxy) is 1. The van der Waals surface area contributed by atoms with Crippen LogP contribution in [0, 0.1) is 5.92 Å². The number of para-hydroxylation sites is 1. The van der Waals surface area contributed by atoms with Gasteiger partial charge in [-0.15, -0.1) is 0 Å². The number of amides is 2. The van der Waals surface area contributed by atoms with Crippen LogP contribution in [-0.4, -0.2) is 47.4 Å². The molecule has 1 atom stereocenters. The zero-order valence-corrected chi connectivity index (χ0v) is 17.9. The number of likely N-dealkylation sites (tertiary alicyclic amines) is 1. The zero-order chi connectivity index (χ0) is 21.2. The predicted molar refractivity (Wildman–Crippen MR) is 119 cm³/mol. The topological polar surface area (TPSA) is 49.9 Å². The normalized spacial score (nSPS) is 20.9. The maximum absolute atomic E-state index is 13.6. The van der Waals surface area contributed by atoms with Crippen molar-refractivity contribution in [1.29, 1.82) is 0 Å². The fourth-order valence-electron chi connectivity index (χ4n) is 5.10. The molecular weight excluding hydrogens is 388 g/mol. The van der Waals surface area contributed by atoms with Gasteiger partial charge in [-0.05, 0) is 61.8 Å². The molecule has 1 saturated heterocycles. The largest absolute Gasteiger partial charge is 0.484 e. The summed E-state index contributed by atoms with van der Waals surface area (Å²) >= 11 is 0. The number of carbonyl (C=O) groups is 2. The first-order valence-electron chi connectivity index (χ1n) is 11.6. The molecular formula is C26H30N2O3. The van der Waals surface area contributed by atoms with E-state index >= 15 is 0 Å². The Kier molecular flexibility index (Phi) is 5.66. The Morgan fingerprint density at radius 1 is 0.903 bits per heavy atom. The van der Waals surface area contributed by atoms with Crippen LogP contribution in [-0.2, 0) is 16.0 Å². The summed E-state index contributed by atoms with van der Waals surface area (Å²) in [6.45, 7) is 1.32. The summed E-state index contributed by atoms with van der Waals surface area (Å²) in [7, 11) is 0. The van der Waals surface area contributed by atoms with Crippen LogP contribution in [0.5, 0.6) is 5.75 Å². The van der Waals surface area contributed by atoms with E-state index in [1.165, 1.54) is 11.1 Å². The molecule has 2 aromatic rings. The molecule has 1 unspecified atom stereocenters. The van der Waals surface area contributed by atoms with Gasteiger partial charge < -0.3 is 14.5 Å². The van der Waals surface area contributed by atoms with Crippen LogP contribution in [0.3, 0.4) is 0 Å².